The molecule has 21 heavy (non-hydrogen) atoms. The third-order valence-corrected chi connectivity index (χ3v) is 4.20. The van der Waals surface area contributed by atoms with E-state index in [1.807, 2.05) is 41.2 Å². The number of ether oxygens (including phenoxy) is 3. The fraction of sp³-hybridized carbons (Fsp3) is 0.467. The Labute approximate surface area is 122 Å². The van der Waals surface area contributed by atoms with Crippen molar-refractivity contribution in [1.29, 1.82) is 0 Å². The van der Waals surface area contributed by atoms with Gasteiger partial charge in [-0.3, -0.25) is 0 Å². The van der Waals surface area contributed by atoms with Crippen molar-refractivity contribution < 1.29 is 14.2 Å². The van der Waals surface area contributed by atoms with E-state index in [0.29, 0.717) is 13.2 Å². The van der Waals surface area contributed by atoms with Crippen LogP contribution < -0.4 is 0 Å². The van der Waals surface area contributed by atoms with Gasteiger partial charge in [-0.15, -0.1) is 5.10 Å². The number of rotatable bonds is 3. The highest BCUT2D eigenvalue weighted by atomic mass is 16.6. The average molecular weight is 287 g/mol. The predicted octanol–water partition coefficient (Wildman–Crippen LogP) is 1.30. The third-order valence-electron chi connectivity index (χ3n) is 4.20. The summed E-state index contributed by atoms with van der Waals surface area (Å²) < 4.78 is 18.9. The van der Waals surface area contributed by atoms with E-state index in [9.17, 15) is 0 Å². The summed E-state index contributed by atoms with van der Waals surface area (Å²) in [6.45, 7) is 1.15. The molecule has 2 saturated heterocycles. The molecule has 2 aliphatic heterocycles. The van der Waals surface area contributed by atoms with Gasteiger partial charge in [0.15, 0.2) is 0 Å². The Kier molecular flexibility index (Phi) is 3.21. The summed E-state index contributed by atoms with van der Waals surface area (Å²) >= 11 is 0. The van der Waals surface area contributed by atoms with Gasteiger partial charge < -0.3 is 14.2 Å². The lowest BCUT2D eigenvalue weighted by Gasteiger charge is -2.15. The van der Waals surface area contributed by atoms with Crippen molar-refractivity contribution in [3.63, 3.8) is 0 Å². The van der Waals surface area contributed by atoms with Crippen molar-refractivity contribution in [3.05, 3.63) is 36.5 Å². The maximum Gasteiger partial charge on any atom is 0.114 e. The van der Waals surface area contributed by atoms with Gasteiger partial charge in [-0.05, 0) is 0 Å². The smallest absolute Gasteiger partial charge is 0.114 e. The van der Waals surface area contributed by atoms with Crippen LogP contribution in [-0.4, -0.2) is 53.6 Å². The normalized spacial score (nSPS) is 31.5. The van der Waals surface area contributed by atoms with Crippen LogP contribution in [0.15, 0.2) is 36.5 Å². The Morgan fingerprint density at radius 2 is 1.95 bits per heavy atom. The van der Waals surface area contributed by atoms with Gasteiger partial charge in [-0.25, -0.2) is 4.68 Å². The van der Waals surface area contributed by atoms with Crippen molar-refractivity contribution in [1.82, 2.24) is 15.0 Å². The second kappa shape index (κ2) is 5.22. The third kappa shape index (κ3) is 2.16. The van der Waals surface area contributed by atoms with Gasteiger partial charge in [-0.2, -0.15) is 0 Å². The van der Waals surface area contributed by atoms with Gasteiger partial charge in [0.2, 0.25) is 0 Å². The number of nitrogens with zero attached hydrogens (tertiary/aromatic N) is 3. The van der Waals surface area contributed by atoms with Crippen molar-refractivity contribution in [2.75, 3.05) is 20.3 Å². The van der Waals surface area contributed by atoms with Gasteiger partial charge >= 0.3 is 0 Å². The molecule has 2 aliphatic rings. The van der Waals surface area contributed by atoms with Crippen LogP contribution in [0.2, 0.25) is 0 Å². The number of methoxy groups -OCH3 is 1. The monoisotopic (exact) mass is 287 g/mol. The molecule has 0 amide bonds. The Balaban J connectivity index is 1.57. The number of hydrogen-bond donors (Lipinski definition) is 0. The maximum absolute atomic E-state index is 5.82. The minimum atomic E-state index is -0.0136. The molecule has 0 unspecified atom stereocenters. The first kappa shape index (κ1) is 12.9. The molecule has 0 spiro atoms. The zero-order valence-electron chi connectivity index (χ0n) is 11.8. The summed E-state index contributed by atoms with van der Waals surface area (Å²) in [5.74, 6) is 0. The van der Waals surface area contributed by atoms with Gasteiger partial charge in [0.05, 0.1) is 19.4 Å². The highest BCUT2D eigenvalue weighted by Crippen LogP contribution is 2.35. The number of aromatic nitrogens is 3. The molecule has 4 rings (SSSR count). The second-order valence-corrected chi connectivity index (χ2v) is 5.39. The van der Waals surface area contributed by atoms with E-state index in [2.05, 4.69) is 10.3 Å². The van der Waals surface area contributed by atoms with E-state index in [1.165, 1.54) is 0 Å². The first-order valence-electron chi connectivity index (χ1n) is 7.10. The Morgan fingerprint density at radius 3 is 2.76 bits per heavy atom. The first-order valence-corrected chi connectivity index (χ1v) is 7.10. The zero-order valence-corrected chi connectivity index (χ0v) is 11.8. The number of fused-ring (bicyclic) bond motifs is 1. The second-order valence-electron chi connectivity index (χ2n) is 5.39. The van der Waals surface area contributed by atoms with Crippen LogP contribution in [0.5, 0.6) is 0 Å². The van der Waals surface area contributed by atoms with E-state index in [4.69, 9.17) is 14.2 Å². The van der Waals surface area contributed by atoms with E-state index in [-0.39, 0.29) is 24.4 Å². The molecule has 110 valence electrons. The minimum Gasteiger partial charge on any atom is -0.376 e. The number of benzene rings is 1. The molecule has 1 aromatic carbocycles. The van der Waals surface area contributed by atoms with Gasteiger partial charge in [0.1, 0.15) is 30.0 Å². The van der Waals surface area contributed by atoms with E-state index < -0.39 is 0 Å². The molecule has 0 radical (unpaired) electrons. The Morgan fingerprint density at radius 1 is 1.14 bits per heavy atom. The predicted molar refractivity (Wildman–Crippen MR) is 74.8 cm³/mol. The van der Waals surface area contributed by atoms with Gasteiger partial charge in [-0.1, -0.05) is 35.5 Å². The molecule has 0 aliphatic carbocycles. The fourth-order valence-electron chi connectivity index (χ4n) is 3.05. The largest absolute Gasteiger partial charge is 0.376 e. The molecule has 6 nitrogen and oxygen atoms in total. The standard InChI is InChI=1S/C15H17N3O3/c1-19-13-9-21-14-12(8-20-15(13)14)18-7-11(16-17-18)10-5-3-2-4-6-10/h2-7,12-15H,8-9H2,1H3/t12-,13-,14-,15+/m0/s1. The average Bonchev–Trinajstić information content (AvgIpc) is 3.23. The van der Waals surface area contributed by atoms with Crippen molar-refractivity contribution in [2.24, 2.45) is 0 Å². The molecular formula is C15H17N3O3. The lowest BCUT2D eigenvalue weighted by molar-refractivity contribution is -0.00910. The summed E-state index contributed by atoms with van der Waals surface area (Å²) in [5.41, 5.74) is 1.92. The first-order chi connectivity index (χ1) is 10.4. The molecule has 2 fully saturated rings. The summed E-state index contributed by atoms with van der Waals surface area (Å²) in [4.78, 5) is 0. The summed E-state index contributed by atoms with van der Waals surface area (Å²) in [6, 6.07) is 10.1. The molecule has 0 N–H and O–H groups in total. The highest BCUT2D eigenvalue weighted by Gasteiger charge is 2.49. The van der Waals surface area contributed by atoms with E-state index in [0.717, 1.165) is 11.3 Å². The minimum absolute atomic E-state index is 0.00984. The lowest BCUT2D eigenvalue weighted by Crippen LogP contribution is -2.31. The molecule has 0 bridgehead atoms. The van der Waals surface area contributed by atoms with Gasteiger partial charge in [0, 0.05) is 12.7 Å². The lowest BCUT2D eigenvalue weighted by atomic mass is 10.1. The SMILES string of the molecule is CO[C@H]1CO[C@@H]2[C@@H]1OC[C@@H]2n1cc(-c2ccccc2)nn1. The maximum atomic E-state index is 5.82. The van der Waals surface area contributed by atoms with Crippen LogP contribution in [0.3, 0.4) is 0 Å². The Hall–Kier alpha value is -1.76. The van der Waals surface area contributed by atoms with Crippen LogP contribution in [0.25, 0.3) is 11.3 Å². The quantitative estimate of drug-likeness (QED) is 0.851. The Bertz CT molecular complexity index is 616. The molecular weight excluding hydrogens is 270 g/mol. The van der Waals surface area contributed by atoms with Gasteiger partial charge in [0.25, 0.3) is 0 Å². The summed E-state index contributed by atoms with van der Waals surface area (Å²) in [7, 11) is 1.69. The summed E-state index contributed by atoms with van der Waals surface area (Å²) in [6.07, 6.45) is 1.94. The van der Waals surface area contributed by atoms with E-state index in [1.54, 1.807) is 7.11 Å². The van der Waals surface area contributed by atoms with Crippen LogP contribution in [0.4, 0.5) is 0 Å². The van der Waals surface area contributed by atoms with Crippen molar-refractivity contribution >= 4 is 0 Å². The number of hydrogen-bond acceptors (Lipinski definition) is 5. The van der Waals surface area contributed by atoms with Crippen molar-refractivity contribution in [2.45, 2.75) is 24.4 Å². The topological polar surface area (TPSA) is 58.4 Å². The zero-order chi connectivity index (χ0) is 14.2. The molecule has 6 heteroatoms. The fourth-order valence-corrected chi connectivity index (χ4v) is 3.05. The van der Waals surface area contributed by atoms with Crippen LogP contribution in [0, 0.1) is 0 Å². The summed E-state index contributed by atoms with van der Waals surface area (Å²) in [5, 5.41) is 8.51. The molecule has 2 aromatic rings. The molecule has 3 heterocycles. The van der Waals surface area contributed by atoms with Crippen molar-refractivity contribution in [3.8, 4) is 11.3 Å². The van der Waals surface area contributed by atoms with E-state index >= 15 is 0 Å². The molecule has 1 aromatic heterocycles. The molecule has 0 saturated carbocycles. The van der Waals surface area contributed by atoms with Crippen LogP contribution in [0.1, 0.15) is 6.04 Å². The molecule has 4 atom stereocenters. The van der Waals surface area contributed by atoms with Crippen LogP contribution in [-0.2, 0) is 14.2 Å². The highest BCUT2D eigenvalue weighted by molar-refractivity contribution is 5.57. The van der Waals surface area contributed by atoms with Crippen LogP contribution >= 0.6 is 0 Å².